The van der Waals surface area contributed by atoms with Crippen molar-refractivity contribution in [3.63, 3.8) is 0 Å². The second-order valence-corrected chi connectivity index (χ2v) is 10.6. The van der Waals surface area contributed by atoms with Gasteiger partial charge < -0.3 is 4.90 Å². The SMILES string of the molecule is CC1=CC(C)(C)N(C)c2cc(Cl)c(/C=C3/SC(=O)N(Cc4ccc(Br)cc4)C3=O)cc21. The number of carbonyl (C=O) groups is 2. The fourth-order valence-corrected chi connectivity index (χ4v) is 5.15. The quantitative estimate of drug-likeness (QED) is 0.412. The number of fused-ring (bicyclic) bond motifs is 1. The molecular weight excluding hydrogens is 496 g/mol. The molecule has 1 saturated heterocycles. The maximum atomic E-state index is 12.9. The van der Waals surface area contributed by atoms with Crippen LogP contribution in [0.3, 0.4) is 0 Å². The van der Waals surface area contributed by atoms with Gasteiger partial charge >= 0.3 is 0 Å². The van der Waals surface area contributed by atoms with Gasteiger partial charge in [0.25, 0.3) is 11.1 Å². The number of benzene rings is 2. The van der Waals surface area contributed by atoms with Crippen LogP contribution >= 0.6 is 39.3 Å². The number of halogens is 2. The Bertz CT molecular complexity index is 1150. The van der Waals surface area contributed by atoms with Crippen molar-refractivity contribution >= 4 is 67.8 Å². The molecular formula is C24H22BrClN2O2S. The van der Waals surface area contributed by atoms with E-state index in [0.29, 0.717) is 9.93 Å². The molecule has 0 spiro atoms. The molecule has 0 N–H and O–H groups in total. The molecule has 0 radical (unpaired) electrons. The highest BCUT2D eigenvalue weighted by atomic mass is 79.9. The van der Waals surface area contributed by atoms with E-state index in [2.05, 4.69) is 47.7 Å². The van der Waals surface area contributed by atoms with Gasteiger partial charge in [0.05, 0.1) is 17.0 Å². The van der Waals surface area contributed by atoms with Crippen LogP contribution in [0.1, 0.15) is 37.5 Å². The molecule has 160 valence electrons. The van der Waals surface area contributed by atoms with Crippen LogP contribution in [-0.4, -0.2) is 28.6 Å². The summed E-state index contributed by atoms with van der Waals surface area (Å²) in [5.41, 5.74) is 4.80. The Morgan fingerprint density at radius 2 is 1.84 bits per heavy atom. The molecule has 0 unspecified atom stereocenters. The number of amides is 2. The van der Waals surface area contributed by atoms with Crippen molar-refractivity contribution in [1.82, 2.24) is 4.90 Å². The molecule has 4 nitrogen and oxygen atoms in total. The van der Waals surface area contributed by atoms with E-state index in [4.69, 9.17) is 11.6 Å². The number of nitrogens with zero attached hydrogens (tertiary/aromatic N) is 2. The molecule has 0 atom stereocenters. The summed E-state index contributed by atoms with van der Waals surface area (Å²) in [6.07, 6.45) is 3.95. The van der Waals surface area contributed by atoms with Gasteiger partial charge in [-0.15, -0.1) is 0 Å². The fourth-order valence-electron chi connectivity index (χ4n) is 3.85. The van der Waals surface area contributed by atoms with E-state index in [1.54, 1.807) is 6.08 Å². The maximum absolute atomic E-state index is 12.9. The highest BCUT2D eigenvalue weighted by molar-refractivity contribution is 9.10. The van der Waals surface area contributed by atoms with E-state index in [9.17, 15) is 9.59 Å². The topological polar surface area (TPSA) is 40.6 Å². The summed E-state index contributed by atoms with van der Waals surface area (Å²) in [5, 5.41) is 0.279. The number of hydrogen-bond donors (Lipinski definition) is 0. The number of likely N-dealkylation sites (N-methyl/N-ethyl adjacent to an activating group) is 1. The average Bonchev–Trinajstić information content (AvgIpc) is 2.96. The molecule has 1 fully saturated rings. The van der Waals surface area contributed by atoms with Crippen LogP contribution in [0.2, 0.25) is 5.02 Å². The van der Waals surface area contributed by atoms with Gasteiger partial charge in [-0.25, -0.2) is 0 Å². The third kappa shape index (κ3) is 4.21. The van der Waals surface area contributed by atoms with E-state index < -0.39 is 0 Å². The molecule has 2 aromatic carbocycles. The zero-order chi connectivity index (χ0) is 22.5. The Hall–Kier alpha value is -2.02. The van der Waals surface area contributed by atoms with Crippen LogP contribution in [0.5, 0.6) is 0 Å². The molecule has 0 aromatic heterocycles. The minimum Gasteiger partial charge on any atom is -0.365 e. The maximum Gasteiger partial charge on any atom is 0.293 e. The van der Waals surface area contributed by atoms with Gasteiger partial charge in [-0.3, -0.25) is 14.5 Å². The molecule has 0 bridgehead atoms. The number of thioether (sulfide) groups is 1. The number of carbonyl (C=O) groups excluding carboxylic acids is 2. The predicted molar refractivity (Wildman–Crippen MR) is 133 cm³/mol. The van der Waals surface area contributed by atoms with E-state index in [-0.39, 0.29) is 23.2 Å². The van der Waals surface area contributed by atoms with Crippen LogP contribution in [0.25, 0.3) is 11.6 Å². The van der Waals surface area contributed by atoms with Crippen LogP contribution < -0.4 is 4.90 Å². The van der Waals surface area contributed by atoms with Gasteiger partial charge in [0.1, 0.15) is 0 Å². The lowest BCUT2D eigenvalue weighted by Gasteiger charge is -2.40. The number of hydrogen-bond acceptors (Lipinski definition) is 4. The average molecular weight is 518 g/mol. The normalized spacial score (nSPS) is 19.2. The summed E-state index contributed by atoms with van der Waals surface area (Å²) in [4.78, 5) is 29.3. The smallest absolute Gasteiger partial charge is 0.293 e. The summed E-state index contributed by atoms with van der Waals surface area (Å²) in [7, 11) is 2.05. The highest BCUT2D eigenvalue weighted by Crippen LogP contribution is 2.42. The van der Waals surface area contributed by atoms with Gasteiger partial charge in [0.2, 0.25) is 0 Å². The first-order valence-corrected chi connectivity index (χ1v) is 11.8. The van der Waals surface area contributed by atoms with E-state index in [1.807, 2.05) is 43.4 Å². The molecule has 2 aliphatic rings. The third-order valence-electron chi connectivity index (χ3n) is 5.75. The first kappa shape index (κ1) is 22.2. The zero-order valence-electron chi connectivity index (χ0n) is 17.7. The minimum absolute atomic E-state index is 0.113. The van der Waals surface area contributed by atoms with Gasteiger partial charge in [0, 0.05) is 27.8 Å². The zero-order valence-corrected chi connectivity index (χ0v) is 20.9. The Morgan fingerprint density at radius 3 is 2.52 bits per heavy atom. The van der Waals surface area contributed by atoms with E-state index in [0.717, 1.165) is 44.2 Å². The lowest BCUT2D eigenvalue weighted by molar-refractivity contribution is -0.123. The largest absolute Gasteiger partial charge is 0.365 e. The van der Waals surface area contributed by atoms with E-state index >= 15 is 0 Å². The molecule has 0 aliphatic carbocycles. The van der Waals surface area contributed by atoms with Gasteiger partial charge in [0.15, 0.2) is 0 Å². The van der Waals surface area contributed by atoms with Gasteiger partial charge in [-0.1, -0.05) is 45.7 Å². The minimum atomic E-state index is -0.294. The number of allylic oxidation sites excluding steroid dienone is 1. The third-order valence-corrected chi connectivity index (χ3v) is 7.51. The van der Waals surface area contributed by atoms with Crippen molar-refractivity contribution in [2.75, 3.05) is 11.9 Å². The summed E-state index contributed by atoms with van der Waals surface area (Å²) < 4.78 is 0.950. The van der Waals surface area contributed by atoms with Crippen molar-refractivity contribution in [1.29, 1.82) is 0 Å². The Kier molecular flexibility index (Phi) is 5.83. The second kappa shape index (κ2) is 8.15. The number of imide groups is 1. The van der Waals surface area contributed by atoms with Gasteiger partial charge in [-0.05, 0) is 79.6 Å². The Morgan fingerprint density at radius 1 is 1.16 bits per heavy atom. The van der Waals surface area contributed by atoms with Crippen molar-refractivity contribution in [2.45, 2.75) is 32.9 Å². The molecule has 2 aliphatic heterocycles. The fraction of sp³-hybridized carbons (Fsp3) is 0.250. The van der Waals surface area contributed by atoms with Crippen molar-refractivity contribution in [3.05, 3.63) is 73.6 Å². The molecule has 2 heterocycles. The predicted octanol–water partition coefficient (Wildman–Crippen LogP) is 6.97. The van der Waals surface area contributed by atoms with Crippen LogP contribution in [0.4, 0.5) is 10.5 Å². The van der Waals surface area contributed by atoms with Crippen molar-refractivity contribution < 1.29 is 9.59 Å². The number of rotatable bonds is 3. The van der Waals surface area contributed by atoms with Crippen LogP contribution in [-0.2, 0) is 11.3 Å². The Labute approximate surface area is 200 Å². The lowest BCUT2D eigenvalue weighted by Crippen LogP contribution is -2.42. The molecule has 2 aromatic rings. The van der Waals surface area contributed by atoms with Crippen LogP contribution in [0.15, 0.2) is 51.9 Å². The molecule has 7 heteroatoms. The lowest BCUT2D eigenvalue weighted by atomic mass is 9.88. The first-order chi connectivity index (χ1) is 14.6. The van der Waals surface area contributed by atoms with Crippen LogP contribution in [0, 0.1) is 0 Å². The standard InChI is InChI=1S/C24H22BrClN2O2S/c1-14-12-24(2,3)27(4)20-11-19(26)16(9-18(14)20)10-21-22(29)28(23(30)31-21)13-15-5-7-17(25)8-6-15/h5-12H,13H2,1-4H3/b21-10+. The highest BCUT2D eigenvalue weighted by Gasteiger charge is 2.35. The summed E-state index contributed by atoms with van der Waals surface area (Å²) in [6.45, 7) is 6.64. The van der Waals surface area contributed by atoms with Crippen molar-refractivity contribution in [3.8, 4) is 0 Å². The summed E-state index contributed by atoms with van der Waals surface area (Å²) >= 11 is 10.9. The second-order valence-electron chi connectivity index (χ2n) is 8.33. The molecule has 4 rings (SSSR count). The monoisotopic (exact) mass is 516 g/mol. The van der Waals surface area contributed by atoms with Gasteiger partial charge in [-0.2, -0.15) is 0 Å². The Balaban J connectivity index is 1.65. The first-order valence-electron chi connectivity index (χ1n) is 9.84. The molecule has 2 amide bonds. The number of anilines is 1. The van der Waals surface area contributed by atoms with E-state index in [1.165, 1.54) is 4.90 Å². The molecule has 0 saturated carbocycles. The van der Waals surface area contributed by atoms with Crippen molar-refractivity contribution in [2.24, 2.45) is 0 Å². The summed E-state index contributed by atoms with van der Waals surface area (Å²) in [6, 6.07) is 11.5. The molecule has 31 heavy (non-hydrogen) atoms. The summed E-state index contributed by atoms with van der Waals surface area (Å²) in [5.74, 6) is -0.294.